The highest BCUT2D eigenvalue weighted by Gasteiger charge is 2.35. The smallest absolute Gasteiger partial charge is 0.262 e. The molecule has 2 aromatic carbocycles. The first-order chi connectivity index (χ1) is 12.7. The quantitative estimate of drug-likeness (QED) is 0.477. The molecule has 0 bridgehead atoms. The molecule has 0 aliphatic carbocycles. The molecule has 11 heteroatoms. The zero-order valence-corrected chi connectivity index (χ0v) is 13.0. The van der Waals surface area contributed by atoms with E-state index < -0.39 is 94.4 Å². The average Bonchev–Trinajstić information content (AvgIpc) is 2.64. The predicted octanol–water partition coefficient (Wildman–Crippen LogP) is 3.19. The number of carbonyl (C=O) groups is 1. The molecule has 0 unspecified atom stereocenters. The lowest BCUT2D eigenvalue weighted by molar-refractivity contribution is -0.118. The van der Waals surface area contributed by atoms with E-state index >= 15 is 0 Å². The van der Waals surface area contributed by atoms with Crippen LogP contribution in [0.3, 0.4) is 0 Å². The maximum absolute atomic E-state index is 14.7. The van der Waals surface area contributed by atoms with Crippen molar-refractivity contribution >= 4 is 11.6 Å². The van der Waals surface area contributed by atoms with E-state index in [4.69, 9.17) is 5.11 Å². The zero-order valence-electron chi connectivity index (χ0n) is 13.0. The highest BCUT2D eigenvalue weighted by molar-refractivity contribution is 5.96. The lowest BCUT2D eigenvalue weighted by Gasteiger charge is -2.22. The van der Waals surface area contributed by atoms with Crippen molar-refractivity contribution in [1.29, 1.82) is 0 Å². The Morgan fingerprint density at radius 1 is 0.815 bits per heavy atom. The SMILES string of the molecule is O=C1COc2c(F)c(F)c(-c3c(F)c(F)c(F)c(CCO)c3F)c(F)c2N1. The van der Waals surface area contributed by atoms with Crippen molar-refractivity contribution in [3.05, 3.63) is 46.3 Å². The van der Waals surface area contributed by atoms with E-state index in [-0.39, 0.29) is 0 Å². The van der Waals surface area contributed by atoms with Gasteiger partial charge in [0.25, 0.3) is 5.91 Å². The number of benzene rings is 2. The van der Waals surface area contributed by atoms with Gasteiger partial charge < -0.3 is 15.2 Å². The minimum atomic E-state index is -2.31. The molecule has 0 radical (unpaired) electrons. The molecule has 0 fully saturated rings. The molecule has 2 N–H and O–H groups in total. The first-order valence-electron chi connectivity index (χ1n) is 7.29. The molecule has 1 aliphatic rings. The summed E-state index contributed by atoms with van der Waals surface area (Å²) >= 11 is 0. The van der Waals surface area contributed by atoms with Crippen LogP contribution in [0.1, 0.15) is 5.56 Å². The van der Waals surface area contributed by atoms with Gasteiger partial charge in [0.15, 0.2) is 41.4 Å². The summed E-state index contributed by atoms with van der Waals surface area (Å²) in [5, 5.41) is 10.6. The topological polar surface area (TPSA) is 58.6 Å². The normalized spacial score (nSPS) is 13.3. The van der Waals surface area contributed by atoms with Crippen molar-refractivity contribution in [1.82, 2.24) is 0 Å². The Morgan fingerprint density at radius 2 is 1.41 bits per heavy atom. The number of rotatable bonds is 3. The van der Waals surface area contributed by atoms with Crippen LogP contribution < -0.4 is 10.1 Å². The summed E-state index contributed by atoms with van der Waals surface area (Å²) in [7, 11) is 0. The van der Waals surface area contributed by atoms with Crippen molar-refractivity contribution in [3.63, 3.8) is 0 Å². The molecular formula is C16H8F7NO3. The second-order valence-corrected chi connectivity index (χ2v) is 5.44. The maximum Gasteiger partial charge on any atom is 0.262 e. The molecule has 27 heavy (non-hydrogen) atoms. The highest BCUT2D eigenvalue weighted by atomic mass is 19.2. The van der Waals surface area contributed by atoms with Gasteiger partial charge in [-0.3, -0.25) is 4.79 Å². The number of ether oxygens (including phenoxy) is 1. The van der Waals surface area contributed by atoms with Crippen molar-refractivity contribution in [2.45, 2.75) is 6.42 Å². The van der Waals surface area contributed by atoms with Gasteiger partial charge in [0.05, 0.1) is 11.1 Å². The fourth-order valence-corrected chi connectivity index (χ4v) is 2.65. The van der Waals surface area contributed by atoms with Crippen LogP contribution in [-0.2, 0) is 11.2 Å². The van der Waals surface area contributed by atoms with Crippen LogP contribution in [0.15, 0.2) is 0 Å². The molecule has 1 amide bonds. The van der Waals surface area contributed by atoms with E-state index in [2.05, 4.69) is 4.74 Å². The molecule has 0 aromatic heterocycles. The second kappa shape index (κ2) is 6.72. The van der Waals surface area contributed by atoms with Gasteiger partial charge in [-0.25, -0.2) is 26.3 Å². The van der Waals surface area contributed by atoms with Crippen LogP contribution in [-0.4, -0.2) is 24.2 Å². The van der Waals surface area contributed by atoms with Gasteiger partial charge in [-0.2, -0.15) is 4.39 Å². The number of hydrogen-bond acceptors (Lipinski definition) is 3. The van der Waals surface area contributed by atoms with E-state index in [1.54, 1.807) is 0 Å². The Bertz CT molecular complexity index is 978. The number of nitrogens with one attached hydrogen (secondary N) is 1. The minimum absolute atomic E-state index is 0.767. The third-order valence-corrected chi connectivity index (χ3v) is 3.86. The van der Waals surface area contributed by atoms with E-state index in [0.29, 0.717) is 0 Å². The molecule has 0 atom stereocenters. The van der Waals surface area contributed by atoms with Crippen LogP contribution in [0.2, 0.25) is 0 Å². The highest BCUT2D eigenvalue weighted by Crippen LogP contribution is 2.44. The molecule has 3 rings (SSSR count). The van der Waals surface area contributed by atoms with E-state index in [1.165, 1.54) is 0 Å². The van der Waals surface area contributed by atoms with Crippen molar-refractivity contribution < 1.29 is 45.4 Å². The fraction of sp³-hybridized carbons (Fsp3) is 0.188. The molecule has 2 aromatic rings. The van der Waals surface area contributed by atoms with Crippen LogP contribution in [0.5, 0.6) is 5.75 Å². The van der Waals surface area contributed by atoms with Crippen LogP contribution in [0.4, 0.5) is 36.4 Å². The predicted molar refractivity (Wildman–Crippen MR) is 76.5 cm³/mol. The molecule has 1 aliphatic heterocycles. The fourth-order valence-electron chi connectivity index (χ4n) is 2.65. The Labute approximate surface area is 146 Å². The van der Waals surface area contributed by atoms with Crippen molar-refractivity contribution in [2.75, 3.05) is 18.5 Å². The summed E-state index contributed by atoms with van der Waals surface area (Å²) < 4.78 is 104. The van der Waals surface area contributed by atoms with Crippen LogP contribution >= 0.6 is 0 Å². The zero-order chi connectivity index (χ0) is 20.0. The second-order valence-electron chi connectivity index (χ2n) is 5.44. The summed E-state index contributed by atoms with van der Waals surface area (Å²) in [5.74, 6) is -16.4. The molecule has 0 saturated heterocycles. The summed E-state index contributed by atoms with van der Waals surface area (Å²) in [6.07, 6.45) is -0.849. The van der Waals surface area contributed by atoms with E-state index in [9.17, 15) is 35.5 Å². The lowest BCUT2D eigenvalue weighted by atomic mass is 9.96. The molecule has 0 saturated carbocycles. The largest absolute Gasteiger partial charge is 0.478 e. The monoisotopic (exact) mass is 395 g/mol. The van der Waals surface area contributed by atoms with E-state index in [1.807, 2.05) is 5.32 Å². The average molecular weight is 395 g/mol. The van der Waals surface area contributed by atoms with Gasteiger partial charge in [0, 0.05) is 18.6 Å². The van der Waals surface area contributed by atoms with Gasteiger partial charge >= 0.3 is 0 Å². The van der Waals surface area contributed by atoms with Gasteiger partial charge in [0.2, 0.25) is 5.82 Å². The van der Waals surface area contributed by atoms with Crippen LogP contribution in [0.25, 0.3) is 11.1 Å². The first-order valence-corrected chi connectivity index (χ1v) is 7.29. The van der Waals surface area contributed by atoms with Gasteiger partial charge in [-0.05, 0) is 0 Å². The molecular weight excluding hydrogens is 387 g/mol. The number of amides is 1. The number of hydrogen-bond donors (Lipinski definition) is 2. The van der Waals surface area contributed by atoms with Gasteiger partial charge in [-0.1, -0.05) is 0 Å². The molecule has 1 heterocycles. The molecule has 144 valence electrons. The maximum atomic E-state index is 14.7. The standard InChI is InChI=1S/C16H8F7NO3/c17-8-4(1-2-25)9(18)13(22)10(19)6(8)7-11(20)14(23)16-15(12(7)21)24-5(26)3-27-16/h25H,1-3H2,(H,24,26). The van der Waals surface area contributed by atoms with Crippen molar-refractivity contribution in [2.24, 2.45) is 0 Å². The number of aliphatic hydroxyl groups excluding tert-OH is 1. The van der Waals surface area contributed by atoms with Crippen molar-refractivity contribution in [3.8, 4) is 16.9 Å². The molecule has 4 nitrogen and oxygen atoms in total. The summed E-state index contributed by atoms with van der Waals surface area (Å²) in [5.41, 5.74) is -5.67. The lowest BCUT2D eigenvalue weighted by Crippen LogP contribution is -2.27. The molecule has 0 spiro atoms. The Hall–Kier alpha value is -2.82. The number of carbonyl (C=O) groups excluding carboxylic acids is 1. The summed E-state index contributed by atoms with van der Waals surface area (Å²) in [6.45, 7) is -1.66. The summed E-state index contributed by atoms with van der Waals surface area (Å²) in [4.78, 5) is 11.3. The Morgan fingerprint density at radius 3 is 2.04 bits per heavy atom. The summed E-state index contributed by atoms with van der Waals surface area (Å²) in [6, 6.07) is 0. The first kappa shape index (κ1) is 19.0. The number of anilines is 1. The number of aliphatic hydroxyl groups is 1. The number of fused-ring (bicyclic) bond motifs is 1. The van der Waals surface area contributed by atoms with Crippen LogP contribution in [0, 0.1) is 40.7 Å². The van der Waals surface area contributed by atoms with E-state index in [0.717, 1.165) is 0 Å². The van der Waals surface area contributed by atoms with Gasteiger partial charge in [-0.15, -0.1) is 0 Å². The third kappa shape index (κ3) is 2.78. The third-order valence-electron chi connectivity index (χ3n) is 3.86. The van der Waals surface area contributed by atoms with Gasteiger partial charge in [0.1, 0.15) is 11.5 Å². The number of halogens is 7. The Balaban J connectivity index is 2.41. The minimum Gasteiger partial charge on any atom is -0.478 e. The Kier molecular flexibility index (Phi) is 4.72.